The molecule has 1 fully saturated rings. The van der Waals surface area contributed by atoms with E-state index >= 15 is 0 Å². The Labute approximate surface area is 193 Å². The van der Waals surface area contributed by atoms with Crippen LogP contribution in [0.4, 0.5) is 5.13 Å². The lowest BCUT2D eigenvalue weighted by Crippen LogP contribution is -2.51. The van der Waals surface area contributed by atoms with Crippen molar-refractivity contribution < 1.29 is 9.47 Å². The molecule has 2 heterocycles. The van der Waals surface area contributed by atoms with Crippen molar-refractivity contribution in [3.63, 3.8) is 0 Å². The second kappa shape index (κ2) is 12.1. The Balaban J connectivity index is 0.00000300. The molecular weight excluding hydrogens is 501 g/mol. The van der Waals surface area contributed by atoms with Gasteiger partial charge in [0.15, 0.2) is 22.6 Å². The number of benzene rings is 1. The van der Waals surface area contributed by atoms with Crippen molar-refractivity contribution in [3.8, 4) is 11.5 Å². The molecule has 1 aliphatic rings. The topological polar surface area (TPSA) is 76.2 Å². The van der Waals surface area contributed by atoms with E-state index in [1.165, 1.54) is 5.56 Å². The van der Waals surface area contributed by atoms with Gasteiger partial charge in [0.2, 0.25) is 0 Å². The van der Waals surface area contributed by atoms with Crippen LogP contribution in [-0.4, -0.2) is 62.3 Å². The predicted octanol–water partition coefficient (Wildman–Crippen LogP) is 3.24. The molecule has 1 saturated heterocycles. The lowest BCUT2D eigenvalue weighted by Gasteiger charge is -2.35. The van der Waals surface area contributed by atoms with Crippen molar-refractivity contribution >= 4 is 46.4 Å². The van der Waals surface area contributed by atoms with Gasteiger partial charge in [-0.15, -0.1) is 35.3 Å². The number of hydrogen-bond donors (Lipinski definition) is 1. The largest absolute Gasteiger partial charge is 0.493 e. The van der Waals surface area contributed by atoms with E-state index in [4.69, 9.17) is 15.2 Å². The van der Waals surface area contributed by atoms with Gasteiger partial charge in [-0.1, -0.05) is 6.07 Å². The van der Waals surface area contributed by atoms with Gasteiger partial charge in [-0.25, -0.2) is 4.98 Å². The van der Waals surface area contributed by atoms with Crippen molar-refractivity contribution in [2.24, 2.45) is 10.7 Å². The molecule has 2 N–H and O–H groups in total. The summed E-state index contributed by atoms with van der Waals surface area (Å²) in [5.41, 5.74) is 7.42. The summed E-state index contributed by atoms with van der Waals surface area (Å²) in [4.78, 5) is 13.4. The Morgan fingerprint density at radius 3 is 2.69 bits per heavy atom. The fourth-order valence-electron chi connectivity index (χ4n) is 3.22. The zero-order chi connectivity index (χ0) is 19.8. The highest BCUT2D eigenvalue weighted by Crippen LogP contribution is 2.28. The summed E-state index contributed by atoms with van der Waals surface area (Å²) in [5, 5.41) is 3.10. The quantitative estimate of drug-likeness (QED) is 0.244. The standard InChI is InChI=1S/C20H29N5O2S.HI/c1-3-27-18-15-16(6-7-17(18)26-2)5-4-8-22-19(21)24-10-12-25(13-11-24)20-23-9-14-28-20;/h6-7,9,14-15H,3-5,8,10-13H2,1-2H3,(H2,21,22);1H. The number of guanidine groups is 1. The van der Waals surface area contributed by atoms with E-state index in [2.05, 4.69) is 25.8 Å². The van der Waals surface area contributed by atoms with Crippen molar-refractivity contribution in [2.75, 3.05) is 51.3 Å². The number of methoxy groups -OCH3 is 1. The van der Waals surface area contributed by atoms with Crippen LogP contribution in [0.15, 0.2) is 34.8 Å². The molecule has 1 aromatic carbocycles. The van der Waals surface area contributed by atoms with Crippen LogP contribution < -0.4 is 20.1 Å². The van der Waals surface area contributed by atoms with Gasteiger partial charge in [-0.2, -0.15) is 0 Å². The van der Waals surface area contributed by atoms with Crippen molar-refractivity contribution in [1.29, 1.82) is 0 Å². The van der Waals surface area contributed by atoms with E-state index in [0.29, 0.717) is 19.1 Å². The molecule has 9 heteroatoms. The van der Waals surface area contributed by atoms with E-state index in [9.17, 15) is 0 Å². The van der Waals surface area contributed by atoms with Crippen LogP contribution in [0.25, 0.3) is 0 Å². The summed E-state index contributed by atoms with van der Waals surface area (Å²) in [7, 11) is 1.66. The second-order valence-corrected chi connectivity index (χ2v) is 7.42. The molecule has 3 rings (SSSR count). The average Bonchev–Trinajstić information content (AvgIpc) is 3.26. The fourth-order valence-corrected chi connectivity index (χ4v) is 3.92. The Bertz CT molecular complexity index is 764. The van der Waals surface area contributed by atoms with Crippen LogP contribution >= 0.6 is 35.3 Å². The minimum atomic E-state index is 0. The smallest absolute Gasteiger partial charge is 0.191 e. The maximum Gasteiger partial charge on any atom is 0.191 e. The zero-order valence-corrected chi connectivity index (χ0v) is 20.2. The Kier molecular flexibility index (Phi) is 9.79. The summed E-state index contributed by atoms with van der Waals surface area (Å²) in [6, 6.07) is 6.08. The number of rotatable bonds is 8. The van der Waals surface area contributed by atoms with Gasteiger partial charge in [0, 0.05) is 44.3 Å². The predicted molar refractivity (Wildman–Crippen MR) is 130 cm³/mol. The first-order valence-corrected chi connectivity index (χ1v) is 10.6. The molecule has 2 aromatic rings. The Hall–Kier alpha value is -1.75. The number of ether oxygens (including phenoxy) is 2. The van der Waals surface area contributed by atoms with E-state index in [-0.39, 0.29) is 24.0 Å². The molecule has 0 bridgehead atoms. The van der Waals surface area contributed by atoms with Crippen LogP contribution in [0.5, 0.6) is 11.5 Å². The van der Waals surface area contributed by atoms with Gasteiger partial charge in [0.1, 0.15) is 0 Å². The molecule has 160 valence electrons. The molecule has 0 unspecified atom stereocenters. The van der Waals surface area contributed by atoms with Gasteiger partial charge in [-0.3, -0.25) is 4.99 Å². The van der Waals surface area contributed by atoms with Crippen molar-refractivity contribution in [3.05, 3.63) is 35.3 Å². The normalized spacial score (nSPS) is 14.5. The summed E-state index contributed by atoms with van der Waals surface area (Å²) < 4.78 is 11.0. The number of aliphatic imine (C=N–C) groups is 1. The van der Waals surface area contributed by atoms with Gasteiger partial charge in [0.05, 0.1) is 13.7 Å². The summed E-state index contributed by atoms with van der Waals surface area (Å²) in [6.45, 7) is 6.92. The maximum atomic E-state index is 6.20. The van der Waals surface area contributed by atoms with Gasteiger partial charge in [-0.05, 0) is 37.5 Å². The van der Waals surface area contributed by atoms with E-state index < -0.39 is 0 Å². The van der Waals surface area contributed by atoms with Crippen molar-refractivity contribution in [1.82, 2.24) is 9.88 Å². The zero-order valence-electron chi connectivity index (χ0n) is 17.0. The van der Waals surface area contributed by atoms with Crippen LogP contribution in [0.1, 0.15) is 18.9 Å². The van der Waals surface area contributed by atoms with Crippen LogP contribution in [-0.2, 0) is 6.42 Å². The van der Waals surface area contributed by atoms with Crippen molar-refractivity contribution in [2.45, 2.75) is 19.8 Å². The first kappa shape index (κ1) is 23.5. The maximum absolute atomic E-state index is 6.20. The molecule has 0 amide bonds. The minimum absolute atomic E-state index is 0. The van der Waals surface area contributed by atoms with Crippen LogP contribution in [0.2, 0.25) is 0 Å². The summed E-state index contributed by atoms with van der Waals surface area (Å²) in [5.74, 6) is 2.21. The number of piperazine rings is 1. The van der Waals surface area contributed by atoms with Gasteiger partial charge in [0.25, 0.3) is 0 Å². The van der Waals surface area contributed by atoms with Gasteiger partial charge >= 0.3 is 0 Å². The molecule has 29 heavy (non-hydrogen) atoms. The van der Waals surface area contributed by atoms with Crippen LogP contribution in [0.3, 0.4) is 0 Å². The molecule has 1 aromatic heterocycles. The second-order valence-electron chi connectivity index (χ2n) is 6.55. The molecule has 7 nitrogen and oxygen atoms in total. The van der Waals surface area contributed by atoms with E-state index in [1.807, 2.05) is 30.6 Å². The highest BCUT2D eigenvalue weighted by molar-refractivity contribution is 14.0. The van der Waals surface area contributed by atoms with Crippen LogP contribution in [0, 0.1) is 0 Å². The highest BCUT2D eigenvalue weighted by atomic mass is 127. The molecule has 1 aliphatic heterocycles. The van der Waals surface area contributed by atoms with E-state index in [1.54, 1.807) is 18.4 Å². The highest BCUT2D eigenvalue weighted by Gasteiger charge is 2.19. The first-order valence-electron chi connectivity index (χ1n) is 9.70. The van der Waals surface area contributed by atoms with E-state index in [0.717, 1.165) is 55.7 Å². The Morgan fingerprint density at radius 1 is 1.24 bits per heavy atom. The number of anilines is 1. The average molecular weight is 531 g/mol. The summed E-state index contributed by atoms with van der Waals surface area (Å²) in [6.07, 6.45) is 3.72. The molecule has 0 atom stereocenters. The minimum Gasteiger partial charge on any atom is -0.493 e. The third kappa shape index (κ3) is 6.63. The third-order valence-corrected chi connectivity index (χ3v) is 5.55. The number of aromatic nitrogens is 1. The summed E-state index contributed by atoms with van der Waals surface area (Å²) >= 11 is 1.68. The lowest BCUT2D eigenvalue weighted by molar-refractivity contribution is 0.310. The molecule has 0 radical (unpaired) electrons. The number of aryl methyl sites for hydroxylation is 1. The number of thiazole rings is 1. The molecular formula is C20H30IN5O2S. The van der Waals surface area contributed by atoms with Gasteiger partial charge < -0.3 is 25.0 Å². The lowest BCUT2D eigenvalue weighted by atomic mass is 10.1. The number of nitrogens with two attached hydrogens (primary N) is 1. The molecule has 0 saturated carbocycles. The molecule has 0 spiro atoms. The third-order valence-electron chi connectivity index (χ3n) is 4.72. The monoisotopic (exact) mass is 531 g/mol. The SMILES string of the molecule is CCOc1cc(CCCN=C(N)N2CCN(c3nccs3)CC2)ccc1OC.I. The number of hydrogen-bond acceptors (Lipinski definition) is 6. The number of halogens is 1. The Morgan fingerprint density at radius 2 is 2.03 bits per heavy atom. The molecule has 0 aliphatic carbocycles. The number of nitrogens with zero attached hydrogens (tertiary/aromatic N) is 4. The fraction of sp³-hybridized carbons (Fsp3) is 0.500. The first-order chi connectivity index (χ1) is 13.7.